The second-order valence-electron chi connectivity index (χ2n) is 5.85. The summed E-state index contributed by atoms with van der Waals surface area (Å²) in [6, 6.07) is 7.77. The smallest absolute Gasteiger partial charge is 0.234 e. The van der Waals surface area contributed by atoms with Crippen LogP contribution >= 0.6 is 22.9 Å². The van der Waals surface area contributed by atoms with Gasteiger partial charge in [0.25, 0.3) is 0 Å². The minimum atomic E-state index is 0.593. The van der Waals surface area contributed by atoms with Crippen LogP contribution in [0, 0.1) is 13.8 Å². The Kier molecular flexibility index (Phi) is 4.05. The number of halogens is 1. The Bertz CT molecular complexity index is 1060. The van der Waals surface area contributed by atoms with Gasteiger partial charge in [0.2, 0.25) is 4.96 Å². The van der Waals surface area contributed by atoms with E-state index in [0.717, 1.165) is 49.9 Å². The number of aromatic nitrogens is 6. The predicted molar refractivity (Wildman–Crippen MR) is 99.3 cm³/mol. The Hall–Kier alpha value is -2.25. The molecule has 0 aliphatic carbocycles. The lowest BCUT2D eigenvalue weighted by Crippen LogP contribution is -1.99. The molecule has 4 rings (SSSR count). The van der Waals surface area contributed by atoms with E-state index >= 15 is 0 Å². The first-order valence-corrected chi connectivity index (χ1v) is 9.26. The molecule has 0 aliphatic heterocycles. The second-order valence-corrected chi connectivity index (χ2v) is 7.21. The summed E-state index contributed by atoms with van der Waals surface area (Å²) in [5.41, 5.74) is 4.20. The number of fused-ring (bicyclic) bond motifs is 1. The van der Waals surface area contributed by atoms with Crippen LogP contribution in [0.1, 0.15) is 29.7 Å². The SMILES string of the molecule is CCn1nc(C)c(-c2nn3c(Cc4ccccc4Cl)nnc3s2)c1C. The van der Waals surface area contributed by atoms with Gasteiger partial charge in [0.1, 0.15) is 0 Å². The number of nitrogens with zero attached hydrogens (tertiary/aromatic N) is 6. The van der Waals surface area contributed by atoms with Crippen molar-refractivity contribution in [3.8, 4) is 10.6 Å². The monoisotopic (exact) mass is 372 g/mol. The molecule has 8 heteroatoms. The number of benzene rings is 1. The van der Waals surface area contributed by atoms with Crippen molar-refractivity contribution in [1.82, 2.24) is 29.6 Å². The number of rotatable bonds is 4. The van der Waals surface area contributed by atoms with Gasteiger partial charge >= 0.3 is 0 Å². The zero-order valence-corrected chi connectivity index (χ0v) is 15.8. The molecule has 0 aliphatic rings. The average Bonchev–Trinajstić information content (AvgIpc) is 3.23. The molecule has 1 aromatic carbocycles. The van der Waals surface area contributed by atoms with Gasteiger partial charge in [-0.15, -0.1) is 10.2 Å². The van der Waals surface area contributed by atoms with E-state index in [1.54, 1.807) is 0 Å². The zero-order chi connectivity index (χ0) is 17.6. The van der Waals surface area contributed by atoms with Crippen molar-refractivity contribution in [2.45, 2.75) is 33.7 Å². The van der Waals surface area contributed by atoms with Gasteiger partial charge in [-0.25, -0.2) is 0 Å². The second kappa shape index (κ2) is 6.24. The zero-order valence-electron chi connectivity index (χ0n) is 14.2. The standard InChI is InChI=1S/C17H17ClN6S/c1-4-23-11(3)15(10(2)21-23)16-22-24-14(19-20-17(24)25-16)9-12-7-5-6-8-13(12)18/h5-8H,4,9H2,1-3H3. The Morgan fingerprint density at radius 2 is 1.92 bits per heavy atom. The molecule has 6 nitrogen and oxygen atoms in total. The van der Waals surface area contributed by atoms with Gasteiger partial charge in [-0.3, -0.25) is 4.68 Å². The van der Waals surface area contributed by atoms with Crippen molar-refractivity contribution in [2.24, 2.45) is 0 Å². The number of hydrogen-bond donors (Lipinski definition) is 0. The van der Waals surface area contributed by atoms with Crippen LogP contribution in [-0.4, -0.2) is 29.6 Å². The van der Waals surface area contributed by atoms with Crippen molar-refractivity contribution in [2.75, 3.05) is 0 Å². The largest absolute Gasteiger partial charge is 0.269 e. The summed E-state index contributed by atoms with van der Waals surface area (Å²) in [6.07, 6.45) is 0.593. The Balaban J connectivity index is 1.77. The number of aryl methyl sites for hydroxylation is 2. The minimum absolute atomic E-state index is 0.593. The van der Waals surface area contributed by atoms with Gasteiger partial charge in [0.05, 0.1) is 11.3 Å². The first kappa shape index (κ1) is 16.2. The van der Waals surface area contributed by atoms with Crippen LogP contribution in [0.25, 0.3) is 15.5 Å². The predicted octanol–water partition coefficient (Wildman–Crippen LogP) is 3.93. The fourth-order valence-electron chi connectivity index (χ4n) is 3.00. The molecule has 3 heterocycles. The van der Waals surface area contributed by atoms with E-state index in [2.05, 4.69) is 29.1 Å². The molecule has 0 atom stereocenters. The molecule has 0 saturated heterocycles. The third-order valence-corrected chi connectivity index (χ3v) is 5.54. The van der Waals surface area contributed by atoms with E-state index in [4.69, 9.17) is 16.7 Å². The highest BCUT2D eigenvalue weighted by molar-refractivity contribution is 7.19. The van der Waals surface area contributed by atoms with Crippen LogP contribution < -0.4 is 0 Å². The summed E-state index contributed by atoms with van der Waals surface area (Å²) in [5, 5.41) is 19.5. The van der Waals surface area contributed by atoms with Crippen LogP contribution in [0.2, 0.25) is 5.02 Å². The molecular weight excluding hydrogens is 356 g/mol. The molecule has 0 fully saturated rings. The molecule has 0 radical (unpaired) electrons. The maximum Gasteiger partial charge on any atom is 0.234 e. The lowest BCUT2D eigenvalue weighted by molar-refractivity contribution is 0.634. The van der Waals surface area contributed by atoms with E-state index in [9.17, 15) is 0 Å². The first-order chi connectivity index (χ1) is 12.1. The van der Waals surface area contributed by atoms with Crippen molar-refractivity contribution >= 4 is 27.9 Å². The molecule has 128 valence electrons. The highest BCUT2D eigenvalue weighted by Crippen LogP contribution is 2.31. The van der Waals surface area contributed by atoms with Crippen LogP contribution in [0.5, 0.6) is 0 Å². The van der Waals surface area contributed by atoms with Gasteiger partial charge in [0.15, 0.2) is 10.8 Å². The molecule has 0 spiro atoms. The summed E-state index contributed by atoms with van der Waals surface area (Å²) in [5.74, 6) is 0.781. The fraction of sp³-hybridized carbons (Fsp3) is 0.294. The van der Waals surface area contributed by atoms with Gasteiger partial charge < -0.3 is 0 Å². The van der Waals surface area contributed by atoms with Gasteiger partial charge in [-0.1, -0.05) is 41.1 Å². The van der Waals surface area contributed by atoms with Crippen molar-refractivity contribution in [3.63, 3.8) is 0 Å². The average molecular weight is 373 g/mol. The molecule has 4 aromatic rings. The topological polar surface area (TPSA) is 60.9 Å². The van der Waals surface area contributed by atoms with Crippen molar-refractivity contribution in [1.29, 1.82) is 0 Å². The normalized spacial score (nSPS) is 11.5. The quantitative estimate of drug-likeness (QED) is 0.544. The molecule has 0 N–H and O–H groups in total. The third-order valence-electron chi connectivity index (χ3n) is 4.26. The molecule has 3 aromatic heterocycles. The summed E-state index contributed by atoms with van der Waals surface area (Å²) in [6.45, 7) is 7.02. The summed E-state index contributed by atoms with van der Waals surface area (Å²) in [4.78, 5) is 0.778. The van der Waals surface area contributed by atoms with E-state index < -0.39 is 0 Å². The number of hydrogen-bond acceptors (Lipinski definition) is 5. The summed E-state index contributed by atoms with van der Waals surface area (Å²) < 4.78 is 3.81. The van der Waals surface area contributed by atoms with Crippen molar-refractivity contribution < 1.29 is 0 Å². The van der Waals surface area contributed by atoms with E-state index in [0.29, 0.717) is 6.42 Å². The van der Waals surface area contributed by atoms with E-state index in [1.165, 1.54) is 11.3 Å². The van der Waals surface area contributed by atoms with Crippen LogP contribution in [0.15, 0.2) is 24.3 Å². The van der Waals surface area contributed by atoms with Crippen LogP contribution in [0.4, 0.5) is 0 Å². The van der Waals surface area contributed by atoms with Gasteiger partial charge in [0, 0.05) is 23.7 Å². The first-order valence-electron chi connectivity index (χ1n) is 8.07. The summed E-state index contributed by atoms with van der Waals surface area (Å²) >= 11 is 7.80. The Morgan fingerprint density at radius 3 is 2.64 bits per heavy atom. The van der Waals surface area contributed by atoms with E-state index in [-0.39, 0.29) is 0 Å². The van der Waals surface area contributed by atoms with Gasteiger partial charge in [-0.05, 0) is 32.4 Å². The lowest BCUT2D eigenvalue weighted by Gasteiger charge is -2.01. The molecule has 0 amide bonds. The van der Waals surface area contributed by atoms with Crippen LogP contribution in [0.3, 0.4) is 0 Å². The highest BCUT2D eigenvalue weighted by Gasteiger charge is 2.19. The lowest BCUT2D eigenvalue weighted by atomic mass is 10.1. The Morgan fingerprint density at radius 1 is 1.12 bits per heavy atom. The van der Waals surface area contributed by atoms with Gasteiger partial charge in [-0.2, -0.15) is 14.7 Å². The maximum atomic E-state index is 6.27. The minimum Gasteiger partial charge on any atom is -0.269 e. The van der Waals surface area contributed by atoms with E-state index in [1.807, 2.05) is 40.4 Å². The van der Waals surface area contributed by atoms with Crippen LogP contribution in [-0.2, 0) is 13.0 Å². The third kappa shape index (κ3) is 2.73. The highest BCUT2D eigenvalue weighted by atomic mass is 35.5. The molecule has 0 unspecified atom stereocenters. The maximum absolute atomic E-state index is 6.27. The molecule has 0 saturated carbocycles. The molecule has 25 heavy (non-hydrogen) atoms. The molecule has 0 bridgehead atoms. The Labute approximate surface area is 154 Å². The molecular formula is C17H17ClN6S. The fourth-order valence-corrected chi connectivity index (χ4v) is 4.20. The van der Waals surface area contributed by atoms with Crippen molar-refractivity contribution in [3.05, 3.63) is 52.1 Å². The summed E-state index contributed by atoms with van der Waals surface area (Å²) in [7, 11) is 0.